The molecule has 70 valence electrons. The first kappa shape index (κ1) is 8.95. The topological polar surface area (TPSA) is 14.1 Å². The van der Waals surface area contributed by atoms with Crippen LogP contribution in [0.4, 0.5) is 0 Å². The van der Waals surface area contributed by atoms with Gasteiger partial charge in [0.05, 0.1) is 0 Å². The SMILES string of the molecule is Cc1c[nH+]ccc1Cc1ccccc1. The first-order chi connectivity index (χ1) is 6.86. The maximum Gasteiger partial charge on any atom is 0.170 e. The van der Waals surface area contributed by atoms with E-state index < -0.39 is 0 Å². The van der Waals surface area contributed by atoms with Crippen molar-refractivity contribution < 1.29 is 4.98 Å². The summed E-state index contributed by atoms with van der Waals surface area (Å²) in [6.07, 6.45) is 5.03. The lowest BCUT2D eigenvalue weighted by Crippen LogP contribution is -2.03. The Bertz CT molecular complexity index is 407. The maximum atomic E-state index is 3.09. The summed E-state index contributed by atoms with van der Waals surface area (Å²) < 4.78 is 0. The smallest absolute Gasteiger partial charge is 0.170 e. The van der Waals surface area contributed by atoms with E-state index >= 15 is 0 Å². The first-order valence-corrected chi connectivity index (χ1v) is 4.86. The van der Waals surface area contributed by atoms with Crippen molar-refractivity contribution in [3.8, 4) is 0 Å². The molecule has 1 heterocycles. The minimum absolute atomic E-state index is 1.02. The Hall–Kier alpha value is -1.63. The first-order valence-electron chi connectivity index (χ1n) is 4.86. The zero-order valence-electron chi connectivity index (χ0n) is 8.33. The molecule has 1 nitrogen and oxygen atoms in total. The largest absolute Gasteiger partial charge is 0.218 e. The van der Waals surface area contributed by atoms with Crippen molar-refractivity contribution >= 4 is 0 Å². The predicted octanol–water partition coefficient (Wildman–Crippen LogP) is 2.40. The van der Waals surface area contributed by atoms with Crippen LogP contribution in [0.25, 0.3) is 0 Å². The van der Waals surface area contributed by atoms with Crippen molar-refractivity contribution in [3.05, 3.63) is 65.5 Å². The molecule has 0 saturated heterocycles. The van der Waals surface area contributed by atoms with Gasteiger partial charge in [0, 0.05) is 11.6 Å². The summed E-state index contributed by atoms with van der Waals surface area (Å²) in [6, 6.07) is 12.7. The van der Waals surface area contributed by atoms with Crippen LogP contribution in [-0.2, 0) is 6.42 Å². The number of benzene rings is 1. The fraction of sp³-hybridized carbons (Fsp3) is 0.154. The molecular weight excluding hydrogens is 170 g/mol. The molecule has 0 spiro atoms. The zero-order valence-corrected chi connectivity index (χ0v) is 8.33. The summed E-state index contributed by atoms with van der Waals surface area (Å²) >= 11 is 0. The average molecular weight is 184 g/mol. The van der Waals surface area contributed by atoms with Crippen molar-refractivity contribution in [3.63, 3.8) is 0 Å². The van der Waals surface area contributed by atoms with E-state index in [0.29, 0.717) is 0 Å². The molecule has 1 N–H and O–H groups in total. The van der Waals surface area contributed by atoms with Gasteiger partial charge < -0.3 is 0 Å². The van der Waals surface area contributed by atoms with Crippen molar-refractivity contribution in [1.29, 1.82) is 0 Å². The average Bonchev–Trinajstić information content (AvgIpc) is 2.23. The van der Waals surface area contributed by atoms with Gasteiger partial charge in [-0.15, -0.1) is 0 Å². The Morgan fingerprint density at radius 1 is 1.07 bits per heavy atom. The summed E-state index contributed by atoms with van der Waals surface area (Å²) in [7, 11) is 0. The molecule has 2 aromatic rings. The molecule has 2 rings (SSSR count). The Balaban J connectivity index is 2.24. The predicted molar refractivity (Wildman–Crippen MR) is 57.0 cm³/mol. The lowest BCUT2D eigenvalue weighted by atomic mass is 10.0. The number of hydrogen-bond acceptors (Lipinski definition) is 0. The number of H-pyrrole nitrogens is 1. The van der Waals surface area contributed by atoms with E-state index in [-0.39, 0.29) is 0 Å². The molecule has 1 aromatic heterocycles. The second kappa shape index (κ2) is 4.05. The minimum Gasteiger partial charge on any atom is -0.218 e. The quantitative estimate of drug-likeness (QED) is 0.680. The molecule has 1 aromatic carbocycles. The minimum atomic E-state index is 1.02. The van der Waals surface area contributed by atoms with Crippen LogP contribution in [0.5, 0.6) is 0 Å². The van der Waals surface area contributed by atoms with Gasteiger partial charge in [-0.2, -0.15) is 0 Å². The molecule has 0 fully saturated rings. The molecular formula is C13H14N+. The third kappa shape index (κ3) is 1.99. The van der Waals surface area contributed by atoms with Crippen LogP contribution in [0.15, 0.2) is 48.8 Å². The highest BCUT2D eigenvalue weighted by Crippen LogP contribution is 2.10. The van der Waals surface area contributed by atoms with E-state index in [1.54, 1.807) is 0 Å². The van der Waals surface area contributed by atoms with Crippen LogP contribution in [-0.4, -0.2) is 0 Å². The van der Waals surface area contributed by atoms with E-state index in [2.05, 4.69) is 48.3 Å². The van der Waals surface area contributed by atoms with Gasteiger partial charge in [-0.3, -0.25) is 0 Å². The van der Waals surface area contributed by atoms with Gasteiger partial charge in [-0.1, -0.05) is 30.3 Å². The molecule has 0 aliphatic rings. The molecule has 0 saturated carbocycles. The highest BCUT2D eigenvalue weighted by molar-refractivity contribution is 5.28. The van der Waals surface area contributed by atoms with Crippen molar-refractivity contribution in [2.24, 2.45) is 0 Å². The van der Waals surface area contributed by atoms with Gasteiger partial charge in [-0.05, 0) is 24.5 Å². The summed E-state index contributed by atoms with van der Waals surface area (Å²) in [5.41, 5.74) is 4.06. The molecule has 0 aliphatic carbocycles. The second-order valence-electron chi connectivity index (χ2n) is 3.51. The lowest BCUT2D eigenvalue weighted by molar-refractivity contribution is -0.378. The van der Waals surface area contributed by atoms with Crippen LogP contribution in [0, 0.1) is 6.92 Å². The van der Waals surface area contributed by atoms with Crippen molar-refractivity contribution in [2.45, 2.75) is 13.3 Å². The van der Waals surface area contributed by atoms with E-state index in [0.717, 1.165) is 6.42 Å². The second-order valence-corrected chi connectivity index (χ2v) is 3.51. The number of nitrogens with one attached hydrogen (secondary N) is 1. The van der Waals surface area contributed by atoms with E-state index in [9.17, 15) is 0 Å². The van der Waals surface area contributed by atoms with Crippen LogP contribution in [0.2, 0.25) is 0 Å². The van der Waals surface area contributed by atoms with Crippen LogP contribution in [0.3, 0.4) is 0 Å². The third-order valence-electron chi connectivity index (χ3n) is 2.42. The zero-order chi connectivity index (χ0) is 9.80. The van der Waals surface area contributed by atoms with Crippen molar-refractivity contribution in [2.75, 3.05) is 0 Å². The van der Waals surface area contributed by atoms with Crippen molar-refractivity contribution in [1.82, 2.24) is 0 Å². The van der Waals surface area contributed by atoms with E-state index in [1.165, 1.54) is 16.7 Å². The third-order valence-corrected chi connectivity index (χ3v) is 2.42. The highest BCUT2D eigenvalue weighted by atomic mass is 14.6. The van der Waals surface area contributed by atoms with Crippen LogP contribution >= 0.6 is 0 Å². The highest BCUT2D eigenvalue weighted by Gasteiger charge is 2.00. The molecule has 0 radical (unpaired) electrons. The van der Waals surface area contributed by atoms with Gasteiger partial charge in [-0.25, -0.2) is 4.98 Å². The number of aromatic amines is 1. The number of aromatic nitrogens is 1. The molecule has 0 bridgehead atoms. The Morgan fingerprint density at radius 3 is 2.57 bits per heavy atom. The number of aryl methyl sites for hydroxylation is 1. The molecule has 1 heteroatoms. The van der Waals surface area contributed by atoms with Gasteiger partial charge in [0.15, 0.2) is 12.4 Å². The Labute approximate surface area is 84.4 Å². The molecule has 0 amide bonds. The molecule has 0 aliphatic heterocycles. The lowest BCUT2D eigenvalue weighted by Gasteiger charge is -2.02. The van der Waals surface area contributed by atoms with E-state index in [4.69, 9.17) is 0 Å². The standard InChI is InChI=1S/C13H13N/c1-11-10-14-8-7-13(11)9-12-5-3-2-4-6-12/h2-8,10H,9H2,1H3/p+1. The summed E-state index contributed by atoms with van der Waals surface area (Å²) in [4.78, 5) is 3.09. The Kier molecular flexibility index (Phi) is 2.59. The van der Waals surface area contributed by atoms with Gasteiger partial charge in [0.25, 0.3) is 0 Å². The van der Waals surface area contributed by atoms with Gasteiger partial charge in [0.1, 0.15) is 0 Å². The van der Waals surface area contributed by atoms with Crippen LogP contribution < -0.4 is 4.98 Å². The number of pyridine rings is 1. The number of rotatable bonds is 2. The summed E-state index contributed by atoms with van der Waals surface area (Å²) in [5, 5.41) is 0. The fourth-order valence-corrected chi connectivity index (χ4v) is 1.56. The van der Waals surface area contributed by atoms with Gasteiger partial charge in [0.2, 0.25) is 0 Å². The van der Waals surface area contributed by atoms with Crippen LogP contribution in [0.1, 0.15) is 16.7 Å². The molecule has 0 unspecified atom stereocenters. The molecule has 0 atom stereocenters. The normalized spacial score (nSPS) is 10.1. The Morgan fingerprint density at radius 2 is 1.86 bits per heavy atom. The molecule has 14 heavy (non-hydrogen) atoms. The van der Waals surface area contributed by atoms with E-state index in [1.807, 2.05) is 12.4 Å². The summed E-state index contributed by atoms with van der Waals surface area (Å²) in [5.74, 6) is 0. The fourth-order valence-electron chi connectivity index (χ4n) is 1.56. The maximum absolute atomic E-state index is 3.09. The van der Waals surface area contributed by atoms with Gasteiger partial charge >= 0.3 is 0 Å². The summed E-state index contributed by atoms with van der Waals surface area (Å²) in [6.45, 7) is 2.13. The number of hydrogen-bond donors (Lipinski definition) is 0. The monoisotopic (exact) mass is 184 g/mol.